The molecule has 3 N–H and O–H groups in total. The minimum absolute atomic E-state index is 0.0313. The number of aryl methyl sites for hydroxylation is 2. The van der Waals surface area contributed by atoms with Gasteiger partial charge in [-0.1, -0.05) is 48.9 Å². The van der Waals surface area contributed by atoms with Gasteiger partial charge in [-0.05, 0) is 36.6 Å². The van der Waals surface area contributed by atoms with Crippen molar-refractivity contribution in [3.05, 3.63) is 70.9 Å². The monoisotopic (exact) mass is 402 g/mol. The smallest absolute Gasteiger partial charge is 0.228 e. The second kappa shape index (κ2) is 8.01. The first kappa shape index (κ1) is 19.1. The summed E-state index contributed by atoms with van der Waals surface area (Å²) in [5.74, 6) is 0.465. The summed E-state index contributed by atoms with van der Waals surface area (Å²) < 4.78 is 0. The zero-order chi connectivity index (χ0) is 20.4. The van der Waals surface area contributed by atoms with E-state index in [0.717, 1.165) is 44.6 Å². The highest BCUT2D eigenvalue weighted by Gasteiger charge is 2.17. The number of thiophene rings is 1. The predicted molar refractivity (Wildman–Crippen MR) is 120 cm³/mol. The molecule has 0 fully saturated rings. The Bertz CT molecular complexity index is 1180. The summed E-state index contributed by atoms with van der Waals surface area (Å²) in [5, 5.41) is 3.88. The lowest BCUT2D eigenvalue weighted by molar-refractivity contribution is -0.115. The normalized spacial score (nSPS) is 11.0. The highest BCUT2D eigenvalue weighted by Crippen LogP contribution is 2.40. The molecule has 0 radical (unpaired) electrons. The van der Waals surface area contributed by atoms with Crippen LogP contribution in [0.3, 0.4) is 0 Å². The maximum Gasteiger partial charge on any atom is 0.228 e. The van der Waals surface area contributed by atoms with Crippen molar-refractivity contribution in [1.29, 1.82) is 0 Å². The van der Waals surface area contributed by atoms with E-state index >= 15 is 0 Å². The van der Waals surface area contributed by atoms with E-state index in [1.807, 2.05) is 55.5 Å². The molecule has 29 heavy (non-hydrogen) atoms. The van der Waals surface area contributed by atoms with Gasteiger partial charge >= 0.3 is 0 Å². The molecule has 0 saturated heterocycles. The van der Waals surface area contributed by atoms with Crippen molar-refractivity contribution in [3.63, 3.8) is 0 Å². The van der Waals surface area contributed by atoms with E-state index in [-0.39, 0.29) is 5.91 Å². The zero-order valence-electron chi connectivity index (χ0n) is 16.4. The molecule has 2 aromatic carbocycles. The van der Waals surface area contributed by atoms with Crippen LogP contribution in [-0.2, 0) is 17.6 Å². The maximum absolute atomic E-state index is 12.4. The summed E-state index contributed by atoms with van der Waals surface area (Å²) in [6.45, 7) is 4.15. The third kappa shape index (κ3) is 3.98. The lowest BCUT2D eigenvalue weighted by atomic mass is 10.0. The number of carbonyl (C=O) groups is 1. The fraction of sp³-hybridized carbons (Fsp3) is 0.174. The van der Waals surface area contributed by atoms with Crippen LogP contribution in [0.2, 0.25) is 0 Å². The third-order valence-electron chi connectivity index (χ3n) is 4.82. The molecular weight excluding hydrogens is 380 g/mol. The van der Waals surface area contributed by atoms with Crippen LogP contribution in [-0.4, -0.2) is 15.9 Å². The summed E-state index contributed by atoms with van der Waals surface area (Å²) in [6.07, 6.45) is 2.75. The predicted octanol–water partition coefficient (Wildman–Crippen LogP) is 4.99. The van der Waals surface area contributed by atoms with E-state index in [9.17, 15) is 4.79 Å². The Morgan fingerprint density at radius 2 is 1.93 bits per heavy atom. The second-order valence-electron chi connectivity index (χ2n) is 6.98. The number of carbonyl (C=O) groups excluding carboxylic acids is 1. The Hall–Kier alpha value is -3.25. The molecule has 146 valence electrons. The first-order chi connectivity index (χ1) is 14.0. The highest BCUT2D eigenvalue weighted by molar-refractivity contribution is 7.19. The summed E-state index contributed by atoms with van der Waals surface area (Å²) in [4.78, 5) is 23.0. The number of anilines is 2. The van der Waals surface area contributed by atoms with Crippen molar-refractivity contribution in [2.75, 3.05) is 11.1 Å². The number of fused-ring (bicyclic) bond motifs is 1. The summed E-state index contributed by atoms with van der Waals surface area (Å²) in [6, 6.07) is 15.9. The van der Waals surface area contributed by atoms with E-state index in [1.54, 1.807) is 11.3 Å². The van der Waals surface area contributed by atoms with Crippen molar-refractivity contribution < 1.29 is 4.79 Å². The Balaban J connectivity index is 1.57. The van der Waals surface area contributed by atoms with Crippen LogP contribution in [0.1, 0.15) is 22.9 Å². The SMILES string of the molecule is CCc1sc2ncnc(N)c2c1-c1ccc(NC(=O)Cc2cccc(C)c2)cc1. The molecule has 0 aliphatic carbocycles. The van der Waals surface area contributed by atoms with Crippen molar-refractivity contribution >= 4 is 39.0 Å². The second-order valence-corrected chi connectivity index (χ2v) is 8.07. The molecular formula is C23H22N4OS. The van der Waals surface area contributed by atoms with Crippen LogP contribution in [0, 0.1) is 6.92 Å². The zero-order valence-corrected chi connectivity index (χ0v) is 17.2. The van der Waals surface area contributed by atoms with Gasteiger partial charge in [0.15, 0.2) is 0 Å². The van der Waals surface area contributed by atoms with Gasteiger partial charge < -0.3 is 11.1 Å². The third-order valence-corrected chi connectivity index (χ3v) is 6.06. The van der Waals surface area contributed by atoms with Crippen LogP contribution < -0.4 is 11.1 Å². The minimum atomic E-state index is -0.0313. The molecule has 0 saturated carbocycles. The first-order valence-electron chi connectivity index (χ1n) is 9.53. The van der Waals surface area contributed by atoms with E-state index in [2.05, 4.69) is 22.2 Å². The number of benzene rings is 2. The molecule has 2 heterocycles. The van der Waals surface area contributed by atoms with Gasteiger partial charge in [-0.3, -0.25) is 4.79 Å². The summed E-state index contributed by atoms with van der Waals surface area (Å²) in [7, 11) is 0. The van der Waals surface area contributed by atoms with Crippen molar-refractivity contribution in [2.45, 2.75) is 26.7 Å². The number of hydrogen-bond donors (Lipinski definition) is 2. The molecule has 1 amide bonds. The molecule has 5 nitrogen and oxygen atoms in total. The summed E-state index contributed by atoms with van der Waals surface area (Å²) in [5.41, 5.74) is 11.2. The molecule has 0 bridgehead atoms. The number of nitrogens with one attached hydrogen (secondary N) is 1. The number of amides is 1. The molecule has 0 aliphatic rings. The standard InChI is InChI=1S/C23H22N4OS/c1-3-18-20(21-22(24)25-13-26-23(21)29-18)16-7-9-17(10-8-16)27-19(28)12-15-6-4-5-14(2)11-15/h4-11,13H,3,12H2,1-2H3,(H,27,28)(H2,24,25,26). The van der Waals surface area contributed by atoms with Crippen molar-refractivity contribution in [2.24, 2.45) is 0 Å². The molecule has 0 unspecified atom stereocenters. The number of nitrogens with two attached hydrogens (primary N) is 1. The molecule has 0 spiro atoms. The largest absolute Gasteiger partial charge is 0.383 e. The average molecular weight is 403 g/mol. The molecule has 6 heteroatoms. The van der Waals surface area contributed by atoms with Crippen LogP contribution >= 0.6 is 11.3 Å². The Labute approximate surface area is 173 Å². The van der Waals surface area contributed by atoms with Gasteiger partial charge in [0.25, 0.3) is 0 Å². The number of nitrogen functional groups attached to an aromatic ring is 1. The van der Waals surface area contributed by atoms with Gasteiger partial charge in [-0.25, -0.2) is 9.97 Å². The Morgan fingerprint density at radius 3 is 2.66 bits per heavy atom. The fourth-order valence-electron chi connectivity index (χ4n) is 3.49. The van der Waals surface area contributed by atoms with Crippen LogP contribution in [0.25, 0.3) is 21.3 Å². The quantitative estimate of drug-likeness (QED) is 0.493. The van der Waals surface area contributed by atoms with E-state index in [4.69, 9.17) is 5.73 Å². The highest BCUT2D eigenvalue weighted by atomic mass is 32.1. The number of nitrogens with zero attached hydrogens (tertiary/aromatic N) is 2. The van der Waals surface area contributed by atoms with Gasteiger partial charge in [-0.2, -0.15) is 0 Å². The summed E-state index contributed by atoms with van der Waals surface area (Å²) >= 11 is 1.65. The average Bonchev–Trinajstić information content (AvgIpc) is 3.08. The minimum Gasteiger partial charge on any atom is -0.383 e. The van der Waals surface area contributed by atoms with Gasteiger partial charge in [0, 0.05) is 16.1 Å². The maximum atomic E-state index is 12.4. The topological polar surface area (TPSA) is 80.9 Å². The molecule has 0 aliphatic heterocycles. The Morgan fingerprint density at radius 1 is 1.14 bits per heavy atom. The van der Waals surface area contributed by atoms with Crippen LogP contribution in [0.4, 0.5) is 11.5 Å². The number of hydrogen-bond acceptors (Lipinski definition) is 5. The van der Waals surface area contributed by atoms with Crippen LogP contribution in [0.5, 0.6) is 0 Å². The first-order valence-corrected chi connectivity index (χ1v) is 10.3. The molecule has 0 atom stereocenters. The molecule has 4 aromatic rings. The van der Waals surface area contributed by atoms with Gasteiger partial charge in [0.05, 0.1) is 11.8 Å². The lowest BCUT2D eigenvalue weighted by Gasteiger charge is -2.09. The van der Waals surface area contributed by atoms with E-state index in [1.165, 1.54) is 11.2 Å². The fourth-order valence-corrected chi connectivity index (χ4v) is 4.60. The van der Waals surface area contributed by atoms with Crippen LogP contribution in [0.15, 0.2) is 54.9 Å². The van der Waals surface area contributed by atoms with E-state index in [0.29, 0.717) is 12.2 Å². The van der Waals surface area contributed by atoms with E-state index < -0.39 is 0 Å². The van der Waals surface area contributed by atoms with Gasteiger partial charge in [-0.15, -0.1) is 11.3 Å². The number of aromatic nitrogens is 2. The van der Waals surface area contributed by atoms with Crippen molar-refractivity contribution in [3.8, 4) is 11.1 Å². The number of rotatable bonds is 5. The molecule has 2 aromatic heterocycles. The Kier molecular flexibility index (Phi) is 5.27. The van der Waals surface area contributed by atoms with Gasteiger partial charge in [0.1, 0.15) is 17.0 Å². The lowest BCUT2D eigenvalue weighted by Crippen LogP contribution is -2.14. The molecule has 4 rings (SSSR count). The van der Waals surface area contributed by atoms with Crippen molar-refractivity contribution in [1.82, 2.24) is 9.97 Å². The van der Waals surface area contributed by atoms with Gasteiger partial charge in [0.2, 0.25) is 5.91 Å².